The van der Waals surface area contributed by atoms with E-state index in [2.05, 4.69) is 6.92 Å². The van der Waals surface area contributed by atoms with Gasteiger partial charge in [0.15, 0.2) is 5.78 Å². The monoisotopic (exact) mass is 329 g/mol. The minimum Gasteiger partial charge on any atom is -0.461 e. The molecule has 1 aromatic heterocycles. The molecule has 4 nitrogen and oxygen atoms in total. The molecule has 0 amide bonds. The molecule has 0 N–H and O–H groups in total. The van der Waals surface area contributed by atoms with Gasteiger partial charge in [-0.25, -0.2) is 4.79 Å². The second-order valence-corrected chi connectivity index (χ2v) is 6.11. The fraction of sp³-hybridized carbons (Fsp3) is 0.500. The summed E-state index contributed by atoms with van der Waals surface area (Å²) >= 11 is 0. The second kappa shape index (κ2) is 8.67. The van der Waals surface area contributed by atoms with Crippen molar-refractivity contribution < 1.29 is 14.3 Å². The first-order valence-corrected chi connectivity index (χ1v) is 8.89. The number of hydrogen-bond donors (Lipinski definition) is 0. The molecule has 2 aromatic rings. The maximum absolute atomic E-state index is 12.8. The van der Waals surface area contributed by atoms with E-state index in [-0.39, 0.29) is 5.78 Å². The Morgan fingerprint density at radius 2 is 1.75 bits per heavy atom. The number of aromatic nitrogens is 1. The molecule has 0 saturated carbocycles. The van der Waals surface area contributed by atoms with Gasteiger partial charge in [0.1, 0.15) is 5.69 Å². The van der Waals surface area contributed by atoms with Gasteiger partial charge in [-0.05, 0) is 19.4 Å². The molecular formula is C20H27NO3. The van der Waals surface area contributed by atoms with Crippen LogP contribution in [0.3, 0.4) is 0 Å². The molecule has 2 rings (SSSR count). The Kier molecular flexibility index (Phi) is 6.59. The van der Waals surface area contributed by atoms with Gasteiger partial charge in [-0.2, -0.15) is 0 Å². The number of benzene rings is 1. The Hall–Kier alpha value is -2.10. The number of rotatable bonds is 9. The number of aryl methyl sites for hydroxylation is 1. The largest absolute Gasteiger partial charge is 0.461 e. The highest BCUT2D eigenvalue weighted by Gasteiger charge is 2.26. The van der Waals surface area contributed by atoms with Gasteiger partial charge >= 0.3 is 5.97 Å². The second-order valence-electron chi connectivity index (χ2n) is 6.11. The molecule has 130 valence electrons. The number of ether oxygens (including phenoxy) is 1. The Balaban J connectivity index is 2.31. The lowest BCUT2D eigenvalue weighted by Gasteiger charge is -2.07. The number of ketones is 1. The maximum atomic E-state index is 12.8. The number of esters is 1. The van der Waals surface area contributed by atoms with Gasteiger partial charge in [0.2, 0.25) is 0 Å². The Bertz CT molecular complexity index is 715. The normalized spacial score (nSPS) is 11.0. The lowest BCUT2D eigenvalue weighted by Crippen LogP contribution is -2.14. The standard InChI is InChI=1S/C20H27NO3/c1-4-6-7-8-9-14-17(22)18-15-12-10-11-13-16(15)21(3)19(18)20(23)24-5-2/h10-13H,4-9,14H2,1-3H3. The Labute approximate surface area is 143 Å². The molecule has 0 aliphatic heterocycles. The summed E-state index contributed by atoms with van der Waals surface area (Å²) in [5.74, 6) is -0.392. The third kappa shape index (κ3) is 3.86. The summed E-state index contributed by atoms with van der Waals surface area (Å²) in [6.45, 7) is 4.24. The maximum Gasteiger partial charge on any atom is 0.355 e. The molecule has 0 aliphatic rings. The summed E-state index contributed by atoms with van der Waals surface area (Å²) < 4.78 is 6.95. The zero-order valence-corrected chi connectivity index (χ0v) is 14.9. The number of Topliss-reactive ketones (excluding diaryl/α,β-unsaturated/α-hetero) is 1. The lowest BCUT2D eigenvalue weighted by atomic mass is 10.0. The van der Waals surface area contributed by atoms with E-state index >= 15 is 0 Å². The highest BCUT2D eigenvalue weighted by molar-refractivity contribution is 6.15. The summed E-state index contributed by atoms with van der Waals surface area (Å²) in [7, 11) is 1.81. The zero-order chi connectivity index (χ0) is 17.5. The van der Waals surface area contributed by atoms with Gasteiger partial charge in [0.05, 0.1) is 12.2 Å². The number of unbranched alkanes of at least 4 members (excludes halogenated alkanes) is 4. The average molecular weight is 329 g/mol. The van der Waals surface area contributed by atoms with E-state index in [1.807, 2.05) is 31.3 Å². The summed E-state index contributed by atoms with van der Waals surface area (Å²) in [5, 5.41) is 0.835. The van der Waals surface area contributed by atoms with E-state index in [9.17, 15) is 9.59 Å². The first-order chi connectivity index (χ1) is 11.6. The first kappa shape index (κ1) is 18.2. The molecular weight excluding hydrogens is 302 g/mol. The van der Waals surface area contributed by atoms with Crippen molar-refractivity contribution in [1.82, 2.24) is 4.57 Å². The molecule has 0 atom stereocenters. The van der Waals surface area contributed by atoms with Crippen LogP contribution in [0, 0.1) is 0 Å². The Morgan fingerprint density at radius 1 is 1.04 bits per heavy atom. The number of carbonyl (C=O) groups is 2. The molecule has 0 aliphatic carbocycles. The molecule has 1 heterocycles. The third-order valence-electron chi connectivity index (χ3n) is 4.36. The van der Waals surface area contributed by atoms with Crippen molar-refractivity contribution in [1.29, 1.82) is 0 Å². The number of para-hydroxylation sites is 1. The van der Waals surface area contributed by atoms with Crippen LogP contribution in [-0.2, 0) is 11.8 Å². The molecule has 0 bridgehead atoms. The van der Waals surface area contributed by atoms with E-state index in [1.54, 1.807) is 11.5 Å². The van der Waals surface area contributed by atoms with Crippen LogP contribution >= 0.6 is 0 Å². The molecule has 0 radical (unpaired) electrons. The predicted molar refractivity (Wildman–Crippen MR) is 96.6 cm³/mol. The van der Waals surface area contributed by atoms with E-state index in [0.29, 0.717) is 24.3 Å². The highest BCUT2D eigenvalue weighted by atomic mass is 16.5. The van der Waals surface area contributed by atoms with Gasteiger partial charge < -0.3 is 9.30 Å². The van der Waals surface area contributed by atoms with Crippen LogP contribution in [0.5, 0.6) is 0 Å². The topological polar surface area (TPSA) is 48.3 Å². The van der Waals surface area contributed by atoms with Gasteiger partial charge in [0.25, 0.3) is 0 Å². The van der Waals surface area contributed by atoms with Crippen molar-refractivity contribution >= 4 is 22.7 Å². The number of hydrogen-bond acceptors (Lipinski definition) is 3. The van der Waals surface area contributed by atoms with Crippen molar-refractivity contribution in [3.05, 3.63) is 35.5 Å². The van der Waals surface area contributed by atoms with Crippen molar-refractivity contribution in [3.63, 3.8) is 0 Å². The Morgan fingerprint density at radius 3 is 2.46 bits per heavy atom. The van der Waals surface area contributed by atoms with E-state index in [1.165, 1.54) is 12.8 Å². The fourth-order valence-electron chi connectivity index (χ4n) is 3.13. The van der Waals surface area contributed by atoms with Crippen LogP contribution in [0.2, 0.25) is 0 Å². The van der Waals surface area contributed by atoms with Crippen LogP contribution < -0.4 is 0 Å². The van der Waals surface area contributed by atoms with E-state index in [4.69, 9.17) is 4.74 Å². The molecule has 0 fully saturated rings. The minimum absolute atomic E-state index is 0.0337. The molecule has 1 aromatic carbocycles. The van der Waals surface area contributed by atoms with E-state index < -0.39 is 5.97 Å². The number of fused-ring (bicyclic) bond motifs is 1. The van der Waals surface area contributed by atoms with Gasteiger partial charge in [-0.3, -0.25) is 4.79 Å². The van der Waals surface area contributed by atoms with Crippen LogP contribution in [0.25, 0.3) is 10.9 Å². The SMILES string of the molecule is CCCCCCCC(=O)c1c(C(=O)OCC)n(C)c2ccccc12. The minimum atomic E-state index is -0.425. The van der Waals surface area contributed by atoms with Gasteiger partial charge in [0, 0.05) is 24.4 Å². The molecule has 24 heavy (non-hydrogen) atoms. The molecule has 0 saturated heterocycles. The average Bonchev–Trinajstić information content (AvgIpc) is 2.88. The van der Waals surface area contributed by atoms with E-state index in [0.717, 1.165) is 30.2 Å². The van der Waals surface area contributed by atoms with Crippen LogP contribution in [0.1, 0.15) is 73.2 Å². The fourth-order valence-corrected chi connectivity index (χ4v) is 3.13. The third-order valence-corrected chi connectivity index (χ3v) is 4.36. The van der Waals surface area contributed by atoms with Crippen molar-refractivity contribution in [2.24, 2.45) is 7.05 Å². The van der Waals surface area contributed by atoms with Crippen LogP contribution in [0.4, 0.5) is 0 Å². The molecule has 0 unspecified atom stereocenters. The van der Waals surface area contributed by atoms with Crippen LogP contribution in [0.15, 0.2) is 24.3 Å². The van der Waals surface area contributed by atoms with Crippen molar-refractivity contribution in [2.75, 3.05) is 6.61 Å². The summed E-state index contributed by atoms with van der Waals surface area (Å²) in [6.07, 6.45) is 5.94. The van der Waals surface area contributed by atoms with Crippen LogP contribution in [-0.4, -0.2) is 22.9 Å². The smallest absolute Gasteiger partial charge is 0.355 e. The van der Waals surface area contributed by atoms with Crippen molar-refractivity contribution in [2.45, 2.75) is 52.4 Å². The molecule has 4 heteroatoms. The summed E-state index contributed by atoms with van der Waals surface area (Å²) in [5.41, 5.74) is 1.77. The molecule has 0 spiro atoms. The zero-order valence-electron chi connectivity index (χ0n) is 14.9. The van der Waals surface area contributed by atoms with Gasteiger partial charge in [-0.15, -0.1) is 0 Å². The quantitative estimate of drug-likeness (QED) is 0.373. The first-order valence-electron chi connectivity index (χ1n) is 8.89. The summed E-state index contributed by atoms with van der Waals surface area (Å²) in [6, 6.07) is 7.64. The predicted octanol–water partition coefficient (Wildman–Crippen LogP) is 4.90. The lowest BCUT2D eigenvalue weighted by molar-refractivity contribution is 0.0512. The summed E-state index contributed by atoms with van der Waals surface area (Å²) in [4.78, 5) is 25.2. The number of carbonyl (C=O) groups excluding carboxylic acids is 2. The van der Waals surface area contributed by atoms with Gasteiger partial charge in [-0.1, -0.05) is 50.8 Å². The number of nitrogens with zero attached hydrogens (tertiary/aromatic N) is 1. The highest BCUT2D eigenvalue weighted by Crippen LogP contribution is 2.28. The van der Waals surface area contributed by atoms with Crippen molar-refractivity contribution in [3.8, 4) is 0 Å².